The number of aliphatic carboxylic acids is 1. The van der Waals surface area contributed by atoms with Crippen LogP contribution in [0.3, 0.4) is 0 Å². The number of morpholine rings is 1. The van der Waals surface area contributed by atoms with Gasteiger partial charge in [0, 0.05) is 12.2 Å². The summed E-state index contributed by atoms with van der Waals surface area (Å²) >= 11 is 6.92. The molecule has 2 saturated heterocycles. The van der Waals surface area contributed by atoms with Crippen LogP contribution < -0.4 is 15.1 Å². The molecule has 0 saturated carbocycles. The predicted molar refractivity (Wildman–Crippen MR) is 147 cm³/mol. The van der Waals surface area contributed by atoms with Gasteiger partial charge in [-0.25, -0.2) is 9.18 Å². The zero-order valence-electron chi connectivity index (χ0n) is 22.2. The fourth-order valence-electron chi connectivity index (χ4n) is 4.45. The Balaban J connectivity index is 1.50. The van der Waals surface area contributed by atoms with E-state index in [-0.39, 0.29) is 48.6 Å². The van der Waals surface area contributed by atoms with E-state index in [0.717, 1.165) is 27.2 Å². The minimum atomic E-state index is -1.15. The van der Waals surface area contributed by atoms with E-state index < -0.39 is 48.4 Å². The number of ether oxygens (including phenoxy) is 2. The normalized spacial score (nSPS) is 18.0. The maximum Gasteiger partial charge on any atom is 0.414 e. The van der Waals surface area contributed by atoms with Crippen LogP contribution in [0.5, 0.6) is 0 Å². The van der Waals surface area contributed by atoms with Gasteiger partial charge >= 0.3 is 12.1 Å². The van der Waals surface area contributed by atoms with Gasteiger partial charge in [0.1, 0.15) is 24.6 Å². The Kier molecular flexibility index (Phi) is 9.58. The summed E-state index contributed by atoms with van der Waals surface area (Å²) in [6, 6.07) is 5.89. The van der Waals surface area contributed by atoms with Crippen LogP contribution >= 0.6 is 22.9 Å². The van der Waals surface area contributed by atoms with Crippen molar-refractivity contribution in [3.63, 3.8) is 0 Å². The van der Waals surface area contributed by atoms with Gasteiger partial charge < -0.3 is 19.5 Å². The Morgan fingerprint density at radius 1 is 1.22 bits per heavy atom. The molecular formula is C26H28ClFN4O8S. The number of thiophene rings is 1. The maximum atomic E-state index is 15.1. The molecule has 0 bridgehead atoms. The number of nitrogens with one attached hydrogen (secondary N) is 1. The topological polar surface area (TPSA) is 146 Å². The van der Waals surface area contributed by atoms with Gasteiger partial charge in [-0.1, -0.05) is 25.4 Å². The molecule has 15 heteroatoms. The van der Waals surface area contributed by atoms with Crippen molar-refractivity contribution < 1.29 is 42.9 Å². The van der Waals surface area contributed by atoms with E-state index in [1.54, 1.807) is 13.8 Å². The summed E-state index contributed by atoms with van der Waals surface area (Å²) in [4.78, 5) is 66.2. The van der Waals surface area contributed by atoms with Gasteiger partial charge in [0.15, 0.2) is 0 Å². The molecule has 2 aromatic rings. The van der Waals surface area contributed by atoms with Crippen LogP contribution in [0.15, 0.2) is 30.3 Å². The van der Waals surface area contributed by atoms with E-state index in [4.69, 9.17) is 21.1 Å². The van der Waals surface area contributed by atoms with E-state index in [1.807, 2.05) is 0 Å². The zero-order chi connectivity index (χ0) is 29.8. The van der Waals surface area contributed by atoms with Crippen molar-refractivity contribution in [1.82, 2.24) is 10.2 Å². The van der Waals surface area contributed by atoms with Crippen LogP contribution in [-0.4, -0.2) is 91.3 Å². The third kappa shape index (κ3) is 7.01. The van der Waals surface area contributed by atoms with E-state index in [2.05, 4.69) is 5.32 Å². The second-order valence-corrected chi connectivity index (χ2v) is 11.4. The first-order valence-corrected chi connectivity index (χ1v) is 13.9. The number of carboxylic acids is 1. The van der Waals surface area contributed by atoms with E-state index in [9.17, 15) is 29.1 Å². The fourth-order valence-corrected chi connectivity index (χ4v) is 5.44. The van der Waals surface area contributed by atoms with Crippen LogP contribution in [-0.2, 0) is 23.9 Å². The summed E-state index contributed by atoms with van der Waals surface area (Å²) in [5.74, 6) is -4.02. The number of carbonyl (C=O) groups excluding carboxylic acids is 4. The van der Waals surface area contributed by atoms with Gasteiger partial charge in [0.05, 0.1) is 41.1 Å². The van der Waals surface area contributed by atoms with Gasteiger partial charge in [-0.3, -0.25) is 34.3 Å². The highest BCUT2D eigenvalue weighted by Gasteiger charge is 2.38. The quantitative estimate of drug-likeness (QED) is 0.414. The molecule has 4 rings (SSSR count). The molecule has 220 valence electrons. The third-order valence-corrected chi connectivity index (χ3v) is 7.74. The Hall–Kier alpha value is -3.59. The highest BCUT2D eigenvalue weighted by atomic mass is 35.5. The summed E-state index contributed by atoms with van der Waals surface area (Å²) in [7, 11) is 0. The Morgan fingerprint density at radius 2 is 1.98 bits per heavy atom. The molecule has 3 heterocycles. The molecule has 12 nitrogen and oxygen atoms in total. The number of halogens is 2. The first kappa shape index (κ1) is 30.4. The largest absolute Gasteiger partial charge is 0.480 e. The van der Waals surface area contributed by atoms with Gasteiger partial charge in [-0.15, -0.1) is 11.3 Å². The van der Waals surface area contributed by atoms with Crippen molar-refractivity contribution in [2.45, 2.75) is 26.0 Å². The van der Waals surface area contributed by atoms with Crippen LogP contribution in [0.25, 0.3) is 0 Å². The Labute approximate surface area is 243 Å². The maximum absolute atomic E-state index is 15.1. The average molecular weight is 611 g/mol. The van der Waals surface area contributed by atoms with Crippen molar-refractivity contribution >= 4 is 64.1 Å². The average Bonchev–Trinajstić information content (AvgIpc) is 3.51. The highest BCUT2D eigenvalue weighted by Crippen LogP contribution is 2.30. The third-order valence-electron chi connectivity index (χ3n) is 6.52. The molecule has 0 spiro atoms. The molecule has 0 unspecified atom stereocenters. The zero-order valence-corrected chi connectivity index (χ0v) is 23.7. The lowest BCUT2D eigenvalue weighted by atomic mass is 10.1. The molecule has 1 aromatic heterocycles. The standard InChI is InChI=1S/C26H28ClFN4O8S/c1-14(2)23(25(36)37)29-10-21(33)32(24(35)19-5-6-20(27)41-19)12-16-11-31(26(38)40-16)18-4-3-15(9-17(18)28)30-7-8-39-13-22(30)34/h3-6,9,14,16,23,29H,7-8,10-13H2,1-2H3,(H,36,37)/t16-,23-/m1/s1. The van der Waals surface area contributed by atoms with Crippen molar-refractivity contribution in [2.75, 3.05) is 49.2 Å². The van der Waals surface area contributed by atoms with Crippen LogP contribution in [0.1, 0.15) is 23.5 Å². The lowest BCUT2D eigenvalue weighted by molar-refractivity contribution is -0.141. The smallest absolute Gasteiger partial charge is 0.414 e. The Morgan fingerprint density at radius 3 is 2.59 bits per heavy atom. The molecule has 1 aromatic carbocycles. The molecule has 2 fully saturated rings. The number of amides is 4. The lowest BCUT2D eigenvalue weighted by Gasteiger charge is -2.27. The second kappa shape index (κ2) is 12.9. The predicted octanol–water partition coefficient (Wildman–Crippen LogP) is 2.60. The van der Waals surface area contributed by atoms with Crippen molar-refractivity contribution in [3.05, 3.63) is 45.4 Å². The fraction of sp³-hybridized carbons (Fsp3) is 0.423. The number of imide groups is 1. The number of carboxylic acid groups (broad SMARTS) is 1. The van der Waals surface area contributed by atoms with Crippen molar-refractivity contribution in [3.8, 4) is 0 Å². The summed E-state index contributed by atoms with van der Waals surface area (Å²) in [5, 5.41) is 12.1. The number of nitrogens with zero attached hydrogens (tertiary/aromatic N) is 3. The SMILES string of the molecule is CC(C)[C@@H](NCC(=O)N(C[C@H]1CN(c2ccc(N3CCOCC3=O)cc2F)C(=O)O1)C(=O)c1ccc(Cl)s1)C(=O)O. The van der Waals surface area contributed by atoms with E-state index in [0.29, 0.717) is 16.6 Å². The number of carbonyl (C=O) groups is 5. The lowest BCUT2D eigenvalue weighted by Crippen LogP contribution is -2.50. The number of benzene rings is 1. The molecule has 41 heavy (non-hydrogen) atoms. The van der Waals surface area contributed by atoms with Gasteiger partial charge in [-0.2, -0.15) is 0 Å². The minimum absolute atomic E-state index is 0.0981. The molecule has 0 radical (unpaired) electrons. The molecule has 4 amide bonds. The summed E-state index contributed by atoms with van der Waals surface area (Å²) in [5.41, 5.74) is 0.216. The second-order valence-electron chi connectivity index (χ2n) is 9.70. The number of anilines is 2. The molecule has 2 atom stereocenters. The highest BCUT2D eigenvalue weighted by molar-refractivity contribution is 7.18. The molecule has 0 aliphatic carbocycles. The first-order chi connectivity index (χ1) is 19.5. The number of cyclic esters (lactones) is 1. The van der Waals surface area contributed by atoms with E-state index in [1.165, 1.54) is 29.2 Å². The molecular weight excluding hydrogens is 583 g/mol. The summed E-state index contributed by atoms with van der Waals surface area (Å²) in [6.45, 7) is 2.79. The van der Waals surface area contributed by atoms with Gasteiger partial charge in [0.25, 0.3) is 11.8 Å². The monoisotopic (exact) mass is 610 g/mol. The van der Waals surface area contributed by atoms with E-state index >= 15 is 4.39 Å². The van der Waals surface area contributed by atoms with Crippen molar-refractivity contribution in [2.24, 2.45) is 5.92 Å². The van der Waals surface area contributed by atoms with Crippen LogP contribution in [0.4, 0.5) is 20.6 Å². The van der Waals surface area contributed by atoms with Gasteiger partial charge in [0.2, 0.25) is 5.91 Å². The number of hydrogen-bond donors (Lipinski definition) is 2. The molecule has 2 aliphatic rings. The molecule has 2 N–H and O–H groups in total. The van der Waals surface area contributed by atoms with Crippen molar-refractivity contribution in [1.29, 1.82) is 0 Å². The first-order valence-electron chi connectivity index (χ1n) is 12.7. The molecule has 2 aliphatic heterocycles. The summed E-state index contributed by atoms with van der Waals surface area (Å²) in [6.07, 6.45) is -1.89. The van der Waals surface area contributed by atoms with Crippen LogP contribution in [0, 0.1) is 11.7 Å². The number of rotatable bonds is 10. The Bertz CT molecular complexity index is 1350. The van der Waals surface area contributed by atoms with Crippen LogP contribution in [0.2, 0.25) is 4.34 Å². The summed E-state index contributed by atoms with van der Waals surface area (Å²) < 4.78 is 25.9. The minimum Gasteiger partial charge on any atom is -0.480 e. The van der Waals surface area contributed by atoms with Gasteiger partial charge in [-0.05, 0) is 36.2 Å². The number of hydrogen-bond acceptors (Lipinski definition) is 9.